The number of likely N-dealkylation sites (tertiary alicyclic amines) is 1. The van der Waals surface area contributed by atoms with Crippen LogP contribution in [0.25, 0.3) is 0 Å². The maximum absolute atomic E-state index is 13.2. The smallest absolute Gasteiger partial charge is 0.410 e. The van der Waals surface area contributed by atoms with Gasteiger partial charge >= 0.3 is 12.1 Å². The molecule has 1 amide bonds. The molecule has 2 aliphatic rings. The lowest BCUT2D eigenvalue weighted by molar-refractivity contribution is -0.384. The molecular weight excluding hydrogens is 502 g/mol. The highest BCUT2D eigenvalue weighted by molar-refractivity contribution is 8.00. The Labute approximate surface area is 217 Å². The van der Waals surface area contributed by atoms with E-state index in [1.807, 2.05) is 0 Å². The van der Waals surface area contributed by atoms with E-state index >= 15 is 0 Å². The maximum atomic E-state index is 13.2. The molecule has 1 aromatic rings. The molecule has 0 saturated carbocycles. The van der Waals surface area contributed by atoms with E-state index < -0.39 is 25.4 Å². The summed E-state index contributed by atoms with van der Waals surface area (Å²) in [5.74, 6) is 0.284. The Bertz CT molecular complexity index is 954. The molecule has 0 spiro atoms. The van der Waals surface area contributed by atoms with Crippen LogP contribution in [0.3, 0.4) is 0 Å². The summed E-state index contributed by atoms with van der Waals surface area (Å²) in [5, 5.41) is 14.1. The zero-order valence-electron chi connectivity index (χ0n) is 21.8. The molecule has 36 heavy (non-hydrogen) atoms. The fourth-order valence-corrected chi connectivity index (χ4v) is 6.77. The van der Waals surface area contributed by atoms with Crippen LogP contribution in [-0.4, -0.2) is 72.7 Å². The van der Waals surface area contributed by atoms with Gasteiger partial charge in [0.2, 0.25) is 0 Å². The first-order valence-electron chi connectivity index (χ1n) is 12.2. The number of carbonyl (C=O) groups excluding carboxylic acids is 2. The minimum atomic E-state index is -2.07. The lowest BCUT2D eigenvalue weighted by Gasteiger charge is -2.38. The van der Waals surface area contributed by atoms with E-state index in [0.717, 1.165) is 0 Å². The van der Waals surface area contributed by atoms with Crippen molar-refractivity contribution < 1.29 is 28.4 Å². The van der Waals surface area contributed by atoms with E-state index in [1.54, 1.807) is 35.7 Å². The average molecular weight is 540 g/mol. The van der Waals surface area contributed by atoms with Gasteiger partial charge in [0.25, 0.3) is 5.69 Å². The van der Waals surface area contributed by atoms with Crippen molar-refractivity contribution in [1.29, 1.82) is 0 Å². The first kappa shape index (κ1) is 28.4. The van der Waals surface area contributed by atoms with Crippen LogP contribution in [0.4, 0.5) is 10.5 Å². The molecule has 4 unspecified atom stereocenters. The normalized spacial score (nSPS) is 24.6. The standard InChI is InChI=1S/C24H37N3O7SSi/c1-7-32-22(28)19-15-35-21(25-19)20-12-18(34-36(5,6)24(2,3)4)13-26(20)23(29)33-14-16-8-10-17(11-9-16)27(30)31/h8-11,18-21,25H,7,12-15H2,1-6H3. The monoisotopic (exact) mass is 539 g/mol. The van der Waals surface area contributed by atoms with Crippen LogP contribution in [0, 0.1) is 10.1 Å². The van der Waals surface area contributed by atoms with Gasteiger partial charge in [-0.3, -0.25) is 20.2 Å². The van der Waals surface area contributed by atoms with Crippen LogP contribution in [-0.2, 0) is 25.3 Å². The summed E-state index contributed by atoms with van der Waals surface area (Å²) in [6.45, 7) is 13.4. The number of non-ortho nitro benzene ring substituents is 1. The molecular formula is C24H37N3O7SSi. The molecule has 3 rings (SSSR count). The Morgan fingerprint density at radius 2 is 1.89 bits per heavy atom. The number of benzene rings is 1. The minimum Gasteiger partial charge on any atom is -0.465 e. The van der Waals surface area contributed by atoms with Gasteiger partial charge in [0.1, 0.15) is 12.6 Å². The SMILES string of the molecule is CCOC(=O)C1CSC(C2CC(O[Si](C)(C)C(C)(C)C)CN2C(=O)OCc2ccc([N+](=O)[O-])cc2)N1. The van der Waals surface area contributed by atoms with Crippen molar-refractivity contribution in [2.75, 3.05) is 18.9 Å². The Morgan fingerprint density at radius 3 is 2.47 bits per heavy atom. The van der Waals surface area contributed by atoms with E-state index in [0.29, 0.717) is 30.9 Å². The van der Waals surface area contributed by atoms with E-state index in [4.69, 9.17) is 13.9 Å². The number of hydrogen-bond donors (Lipinski definition) is 1. The van der Waals surface area contributed by atoms with Crippen LogP contribution >= 0.6 is 11.8 Å². The molecule has 0 aromatic heterocycles. The summed E-state index contributed by atoms with van der Waals surface area (Å²) in [5.41, 5.74) is 0.644. The number of carbonyl (C=O) groups is 2. The summed E-state index contributed by atoms with van der Waals surface area (Å²) < 4.78 is 17.4. The number of rotatable bonds is 8. The van der Waals surface area contributed by atoms with Crippen molar-refractivity contribution >= 4 is 37.8 Å². The number of nitrogens with zero attached hydrogens (tertiary/aromatic N) is 2. The first-order chi connectivity index (χ1) is 16.8. The van der Waals surface area contributed by atoms with Crippen LogP contribution in [0.2, 0.25) is 18.1 Å². The third kappa shape index (κ3) is 6.78. The van der Waals surface area contributed by atoms with Gasteiger partial charge in [-0.25, -0.2) is 4.79 Å². The van der Waals surface area contributed by atoms with Crippen molar-refractivity contribution in [3.8, 4) is 0 Å². The fourth-order valence-electron chi connectivity index (χ4n) is 4.04. The van der Waals surface area contributed by atoms with Crippen LogP contribution in [0.1, 0.15) is 39.7 Å². The highest BCUT2D eigenvalue weighted by Crippen LogP contribution is 2.40. The summed E-state index contributed by atoms with van der Waals surface area (Å²) in [6, 6.07) is 5.30. The Balaban J connectivity index is 1.71. The third-order valence-corrected chi connectivity index (χ3v) is 12.9. The van der Waals surface area contributed by atoms with Gasteiger partial charge < -0.3 is 18.8 Å². The quantitative estimate of drug-likeness (QED) is 0.223. The predicted octanol–water partition coefficient (Wildman–Crippen LogP) is 4.29. The molecule has 2 heterocycles. The summed E-state index contributed by atoms with van der Waals surface area (Å²) >= 11 is 1.60. The van der Waals surface area contributed by atoms with Gasteiger partial charge in [0.15, 0.2) is 8.32 Å². The van der Waals surface area contributed by atoms with E-state index in [9.17, 15) is 19.7 Å². The van der Waals surface area contributed by atoms with Gasteiger partial charge in [-0.05, 0) is 49.2 Å². The molecule has 200 valence electrons. The number of thioether (sulfide) groups is 1. The largest absolute Gasteiger partial charge is 0.465 e. The second-order valence-electron chi connectivity index (χ2n) is 10.7. The van der Waals surface area contributed by atoms with E-state index in [1.165, 1.54) is 12.1 Å². The maximum Gasteiger partial charge on any atom is 0.410 e. The first-order valence-corrected chi connectivity index (χ1v) is 16.2. The summed E-state index contributed by atoms with van der Waals surface area (Å²) in [4.78, 5) is 37.6. The van der Waals surface area contributed by atoms with Crippen LogP contribution in [0.15, 0.2) is 24.3 Å². The number of amides is 1. The van der Waals surface area contributed by atoms with Gasteiger partial charge in [-0.1, -0.05) is 20.8 Å². The topological polar surface area (TPSA) is 120 Å². The highest BCUT2D eigenvalue weighted by Gasteiger charge is 2.48. The summed E-state index contributed by atoms with van der Waals surface area (Å²) in [7, 11) is -2.07. The van der Waals surface area contributed by atoms with Crippen molar-refractivity contribution in [3.05, 3.63) is 39.9 Å². The van der Waals surface area contributed by atoms with Gasteiger partial charge in [0.05, 0.1) is 29.0 Å². The molecule has 2 saturated heterocycles. The molecule has 0 radical (unpaired) electrons. The molecule has 10 nitrogen and oxygen atoms in total. The Morgan fingerprint density at radius 1 is 1.22 bits per heavy atom. The molecule has 1 aromatic carbocycles. The molecule has 4 atom stereocenters. The van der Waals surface area contributed by atoms with Gasteiger partial charge in [-0.15, -0.1) is 11.8 Å². The number of nitrogens with one attached hydrogen (secondary N) is 1. The zero-order valence-corrected chi connectivity index (χ0v) is 23.6. The molecule has 1 N–H and O–H groups in total. The molecule has 0 bridgehead atoms. The minimum absolute atomic E-state index is 0.00446. The molecule has 2 aliphatic heterocycles. The van der Waals surface area contributed by atoms with Crippen molar-refractivity contribution in [1.82, 2.24) is 10.2 Å². The van der Waals surface area contributed by atoms with Gasteiger partial charge in [-0.2, -0.15) is 0 Å². The Kier molecular flexibility index (Phi) is 9.07. The number of esters is 1. The fraction of sp³-hybridized carbons (Fsp3) is 0.667. The van der Waals surface area contributed by atoms with Crippen molar-refractivity contribution in [3.63, 3.8) is 0 Å². The predicted molar refractivity (Wildman–Crippen MR) is 140 cm³/mol. The second-order valence-corrected chi connectivity index (χ2v) is 16.6. The third-order valence-electron chi connectivity index (χ3n) is 7.04. The van der Waals surface area contributed by atoms with Gasteiger partial charge in [0, 0.05) is 24.4 Å². The molecule has 2 fully saturated rings. The molecule has 0 aliphatic carbocycles. The van der Waals surface area contributed by atoms with E-state index in [-0.39, 0.29) is 40.8 Å². The van der Waals surface area contributed by atoms with E-state index in [2.05, 4.69) is 39.2 Å². The number of nitro benzene ring substituents is 1. The average Bonchev–Trinajstić information content (AvgIpc) is 3.44. The zero-order chi connectivity index (χ0) is 26.7. The number of hydrogen-bond acceptors (Lipinski definition) is 9. The molecule has 12 heteroatoms. The lowest BCUT2D eigenvalue weighted by Crippen LogP contribution is -2.48. The van der Waals surface area contributed by atoms with Crippen LogP contribution in [0.5, 0.6) is 0 Å². The lowest BCUT2D eigenvalue weighted by atomic mass is 10.2. The Hall–Kier alpha value is -2.15. The van der Waals surface area contributed by atoms with Crippen molar-refractivity contribution in [2.24, 2.45) is 0 Å². The second kappa shape index (κ2) is 11.5. The summed E-state index contributed by atoms with van der Waals surface area (Å²) in [6.07, 6.45) is 0.0350. The highest BCUT2D eigenvalue weighted by atomic mass is 32.2. The number of ether oxygens (including phenoxy) is 2. The van der Waals surface area contributed by atoms with Crippen molar-refractivity contribution in [2.45, 2.75) is 82.4 Å². The van der Waals surface area contributed by atoms with Crippen LogP contribution < -0.4 is 5.32 Å². The number of nitro groups is 1.